The van der Waals surface area contributed by atoms with Crippen molar-refractivity contribution >= 4 is 41.0 Å². The topological polar surface area (TPSA) is 84.5 Å². The molecule has 1 N–H and O–H groups in total. The van der Waals surface area contributed by atoms with Gasteiger partial charge in [0.05, 0.1) is 12.8 Å². The summed E-state index contributed by atoms with van der Waals surface area (Å²) in [6.45, 7) is 0.208. The molecule has 0 bridgehead atoms. The number of hydrogen-bond donors (Lipinski definition) is 1. The van der Waals surface area contributed by atoms with E-state index in [4.69, 9.17) is 11.6 Å². The average molecular weight is 372 g/mol. The molecule has 0 fully saturated rings. The summed E-state index contributed by atoms with van der Waals surface area (Å²) in [6.07, 6.45) is -0.860. The summed E-state index contributed by atoms with van der Waals surface area (Å²) in [5.74, 6) is 0. The Hall–Kier alpha value is 1.90. The third-order valence-corrected chi connectivity index (χ3v) is 4.00. The number of benzene rings is 1. The summed E-state index contributed by atoms with van der Waals surface area (Å²) in [7, 11) is -5.02. The Morgan fingerprint density at radius 2 is 2.06 bits per heavy atom. The van der Waals surface area contributed by atoms with Crippen molar-refractivity contribution in [2.45, 2.75) is 6.10 Å². The van der Waals surface area contributed by atoms with Gasteiger partial charge < -0.3 is 24.2 Å². The van der Waals surface area contributed by atoms with E-state index in [1.165, 1.54) is 0 Å². The minimum Gasteiger partial charge on any atom is -0.790 e. The first-order chi connectivity index (χ1) is 7.38. The maximum absolute atomic E-state index is 10.6. The fraction of sp³-hybridized carbons (Fsp3) is 0.250. The van der Waals surface area contributed by atoms with Crippen molar-refractivity contribution in [1.29, 1.82) is 0 Å². The van der Waals surface area contributed by atoms with E-state index in [0.29, 0.717) is 20.7 Å². The maximum atomic E-state index is 10.6. The SMILES string of the molecule is O=P([O-])([O-])OC1CNc2ccc(Br)c(Cl)c21.[Na+].[Na+]. The summed E-state index contributed by atoms with van der Waals surface area (Å²) in [4.78, 5) is 21.1. The van der Waals surface area contributed by atoms with Crippen molar-refractivity contribution in [3.05, 3.63) is 27.2 Å². The molecular weight excluding hydrogens is 366 g/mol. The van der Waals surface area contributed by atoms with Crippen molar-refractivity contribution in [2.24, 2.45) is 0 Å². The normalized spacial score (nSPS) is 17.2. The van der Waals surface area contributed by atoms with Crippen LogP contribution in [0, 0.1) is 0 Å². The molecule has 2 rings (SSSR count). The van der Waals surface area contributed by atoms with Crippen LogP contribution in [0.25, 0.3) is 0 Å². The first kappa shape index (κ1) is 19.9. The molecule has 1 aliphatic rings. The Balaban J connectivity index is 0.00000144. The number of halogens is 2. The number of fused-ring (bicyclic) bond motifs is 1. The maximum Gasteiger partial charge on any atom is 1.00 e. The molecule has 88 valence electrons. The van der Waals surface area contributed by atoms with Crippen LogP contribution < -0.4 is 74.2 Å². The quantitative estimate of drug-likeness (QED) is 0.417. The van der Waals surface area contributed by atoms with Gasteiger partial charge in [0.1, 0.15) is 6.10 Å². The van der Waals surface area contributed by atoms with E-state index in [0.717, 1.165) is 0 Å². The predicted octanol–water partition coefficient (Wildman–Crippen LogP) is -4.58. The number of anilines is 1. The Kier molecular flexibility index (Phi) is 8.60. The molecule has 1 aliphatic heterocycles. The first-order valence-corrected chi connectivity index (χ1v) is 6.94. The van der Waals surface area contributed by atoms with Crippen LogP contribution >= 0.6 is 35.4 Å². The van der Waals surface area contributed by atoms with Gasteiger partial charge in [-0.15, -0.1) is 0 Å². The van der Waals surface area contributed by atoms with E-state index in [-0.39, 0.29) is 65.7 Å². The first-order valence-electron chi connectivity index (χ1n) is 4.31. The fourth-order valence-corrected chi connectivity index (χ4v) is 2.71. The van der Waals surface area contributed by atoms with Crippen molar-refractivity contribution in [2.75, 3.05) is 11.9 Å². The largest absolute Gasteiger partial charge is 1.00 e. The summed E-state index contributed by atoms with van der Waals surface area (Å²) in [5, 5.41) is 3.26. The van der Waals surface area contributed by atoms with Crippen molar-refractivity contribution in [3.8, 4) is 0 Å². The minimum atomic E-state index is -5.02. The Morgan fingerprint density at radius 3 is 2.61 bits per heavy atom. The molecule has 5 nitrogen and oxygen atoms in total. The van der Waals surface area contributed by atoms with Crippen LogP contribution in [0.15, 0.2) is 16.6 Å². The summed E-state index contributed by atoms with van der Waals surface area (Å²) >= 11 is 9.22. The molecule has 10 heteroatoms. The molecule has 1 heterocycles. The van der Waals surface area contributed by atoms with Gasteiger partial charge in [-0.25, -0.2) is 0 Å². The monoisotopic (exact) mass is 371 g/mol. The number of phosphoric acid groups is 1. The third kappa shape index (κ3) is 4.72. The van der Waals surface area contributed by atoms with Gasteiger partial charge >= 0.3 is 59.1 Å². The molecule has 1 aromatic rings. The van der Waals surface area contributed by atoms with Gasteiger partial charge in [-0.1, -0.05) is 11.6 Å². The molecule has 0 aliphatic carbocycles. The average Bonchev–Trinajstić information content (AvgIpc) is 2.53. The molecule has 0 amide bonds. The van der Waals surface area contributed by atoms with Crippen molar-refractivity contribution in [1.82, 2.24) is 0 Å². The van der Waals surface area contributed by atoms with Crippen LogP contribution in [0.2, 0.25) is 5.02 Å². The summed E-state index contributed by atoms with van der Waals surface area (Å²) < 4.78 is 15.6. The Morgan fingerprint density at radius 1 is 1.44 bits per heavy atom. The van der Waals surface area contributed by atoms with Gasteiger partial charge in [0, 0.05) is 22.3 Å². The predicted molar refractivity (Wildman–Crippen MR) is 59.1 cm³/mol. The van der Waals surface area contributed by atoms with Crippen LogP contribution in [0.3, 0.4) is 0 Å². The van der Waals surface area contributed by atoms with Crippen LogP contribution in [0.4, 0.5) is 5.69 Å². The van der Waals surface area contributed by atoms with Gasteiger partial charge in [0.15, 0.2) is 0 Å². The van der Waals surface area contributed by atoms with Crippen LogP contribution in [0.5, 0.6) is 0 Å². The second-order valence-corrected chi connectivity index (χ2v) is 5.58. The minimum absolute atomic E-state index is 0. The van der Waals surface area contributed by atoms with E-state index in [9.17, 15) is 14.4 Å². The van der Waals surface area contributed by atoms with E-state index < -0.39 is 13.9 Å². The van der Waals surface area contributed by atoms with Crippen LogP contribution in [-0.2, 0) is 9.09 Å². The Bertz CT molecular complexity index is 486. The van der Waals surface area contributed by atoms with Gasteiger partial charge in [-0.3, -0.25) is 0 Å². The molecule has 0 aromatic heterocycles. The standard InChI is InChI=1S/C8H8BrClNO4P.2Na/c9-4-1-2-5-7(8(4)10)6(3-11-5)15-16(12,13)14;;/h1-2,6,11H,3H2,(H2,12,13,14);;/q;2*+1/p-2. The number of rotatable bonds is 2. The summed E-state index contributed by atoms with van der Waals surface area (Å²) in [5.41, 5.74) is 1.16. The van der Waals surface area contributed by atoms with Gasteiger partial charge in [0.25, 0.3) is 0 Å². The van der Waals surface area contributed by atoms with Gasteiger partial charge in [-0.05, 0) is 28.1 Å². The van der Waals surface area contributed by atoms with E-state index in [2.05, 4.69) is 25.8 Å². The van der Waals surface area contributed by atoms with E-state index in [1.807, 2.05) is 0 Å². The second kappa shape index (κ2) is 7.78. The zero-order valence-corrected chi connectivity index (χ0v) is 17.0. The Labute approximate surface area is 162 Å². The zero-order chi connectivity index (χ0) is 11.9. The van der Waals surface area contributed by atoms with Crippen molar-refractivity contribution < 1.29 is 78.0 Å². The van der Waals surface area contributed by atoms with E-state index >= 15 is 0 Å². The number of phosphoric ester groups is 1. The number of hydrogen-bond acceptors (Lipinski definition) is 5. The molecule has 1 aromatic carbocycles. The third-order valence-electron chi connectivity index (χ3n) is 2.19. The molecule has 1 atom stereocenters. The van der Waals surface area contributed by atoms with Crippen molar-refractivity contribution in [3.63, 3.8) is 0 Å². The fourth-order valence-electron chi connectivity index (χ4n) is 1.59. The molecule has 18 heavy (non-hydrogen) atoms. The zero-order valence-electron chi connectivity index (χ0n) is 9.78. The molecule has 0 saturated heterocycles. The second-order valence-electron chi connectivity index (χ2n) is 3.24. The molecule has 1 unspecified atom stereocenters. The molecule has 0 saturated carbocycles. The smallest absolute Gasteiger partial charge is 0.790 e. The molecule has 0 spiro atoms. The van der Waals surface area contributed by atoms with Gasteiger partial charge in [0.2, 0.25) is 0 Å². The molecular formula is C8H6BrClNNa2O4P. The van der Waals surface area contributed by atoms with Crippen LogP contribution in [-0.4, -0.2) is 6.54 Å². The van der Waals surface area contributed by atoms with Crippen LogP contribution in [0.1, 0.15) is 11.7 Å². The molecule has 0 radical (unpaired) electrons. The van der Waals surface area contributed by atoms with E-state index in [1.54, 1.807) is 12.1 Å². The van der Waals surface area contributed by atoms with Gasteiger partial charge in [-0.2, -0.15) is 0 Å². The number of nitrogens with one attached hydrogen (secondary N) is 1. The summed E-state index contributed by atoms with van der Waals surface area (Å²) in [6, 6.07) is 3.46.